The molecular formula is C17H16N2O3. The molecule has 2 amide bonds. The van der Waals surface area contributed by atoms with Crippen molar-refractivity contribution in [2.24, 2.45) is 5.73 Å². The Morgan fingerprint density at radius 2 is 1.73 bits per heavy atom. The molecule has 0 fully saturated rings. The molecule has 5 heteroatoms. The highest BCUT2D eigenvalue weighted by Crippen LogP contribution is 2.13. The normalized spacial score (nSPS) is 10.4. The van der Waals surface area contributed by atoms with E-state index in [0.717, 1.165) is 11.1 Å². The van der Waals surface area contributed by atoms with E-state index in [2.05, 4.69) is 5.32 Å². The van der Waals surface area contributed by atoms with E-state index in [4.69, 9.17) is 10.5 Å². The van der Waals surface area contributed by atoms with Crippen LogP contribution in [0.2, 0.25) is 0 Å². The topological polar surface area (TPSA) is 81.4 Å². The lowest BCUT2D eigenvalue weighted by Gasteiger charge is -2.04. The highest BCUT2D eigenvalue weighted by Gasteiger charge is 2.01. The predicted molar refractivity (Wildman–Crippen MR) is 84.0 cm³/mol. The van der Waals surface area contributed by atoms with Crippen LogP contribution in [0.3, 0.4) is 0 Å². The number of amides is 2. The van der Waals surface area contributed by atoms with Gasteiger partial charge in [0, 0.05) is 12.6 Å². The molecule has 0 saturated carbocycles. The molecule has 22 heavy (non-hydrogen) atoms. The van der Waals surface area contributed by atoms with Gasteiger partial charge in [-0.1, -0.05) is 42.5 Å². The van der Waals surface area contributed by atoms with E-state index in [1.807, 2.05) is 30.3 Å². The van der Waals surface area contributed by atoms with E-state index >= 15 is 0 Å². The SMILES string of the molecule is NC(=O)NCc1ccc(OC(=O)/C=C/c2ccccc2)cc1. The Morgan fingerprint density at radius 3 is 2.36 bits per heavy atom. The average molecular weight is 296 g/mol. The summed E-state index contributed by atoms with van der Waals surface area (Å²) in [7, 11) is 0. The van der Waals surface area contributed by atoms with Gasteiger partial charge >= 0.3 is 12.0 Å². The molecule has 112 valence electrons. The summed E-state index contributed by atoms with van der Waals surface area (Å²) in [6.45, 7) is 0.331. The fourth-order valence-electron chi connectivity index (χ4n) is 1.74. The molecule has 0 saturated heterocycles. The third kappa shape index (κ3) is 5.13. The number of nitrogens with two attached hydrogens (primary N) is 1. The van der Waals surface area contributed by atoms with Crippen LogP contribution in [-0.2, 0) is 11.3 Å². The maximum absolute atomic E-state index is 11.7. The number of rotatable bonds is 5. The van der Waals surface area contributed by atoms with Gasteiger partial charge in [0.1, 0.15) is 5.75 Å². The second kappa shape index (κ2) is 7.64. The van der Waals surface area contributed by atoms with Gasteiger partial charge in [-0.25, -0.2) is 9.59 Å². The Hall–Kier alpha value is -3.08. The number of nitrogens with one attached hydrogen (secondary N) is 1. The molecule has 2 aromatic carbocycles. The van der Waals surface area contributed by atoms with Crippen LogP contribution in [0.15, 0.2) is 60.7 Å². The number of primary amides is 1. The monoisotopic (exact) mass is 296 g/mol. The van der Waals surface area contributed by atoms with Crippen LogP contribution < -0.4 is 15.8 Å². The van der Waals surface area contributed by atoms with Crippen molar-refractivity contribution >= 4 is 18.1 Å². The zero-order valence-corrected chi connectivity index (χ0v) is 11.9. The average Bonchev–Trinajstić information content (AvgIpc) is 2.53. The van der Waals surface area contributed by atoms with E-state index in [9.17, 15) is 9.59 Å². The number of carbonyl (C=O) groups is 2. The number of carbonyl (C=O) groups excluding carboxylic acids is 2. The quantitative estimate of drug-likeness (QED) is 0.505. The first kappa shape index (κ1) is 15.3. The van der Waals surface area contributed by atoms with Crippen LogP contribution in [0.5, 0.6) is 5.75 Å². The number of benzene rings is 2. The van der Waals surface area contributed by atoms with E-state index in [1.165, 1.54) is 6.08 Å². The van der Waals surface area contributed by atoms with Gasteiger partial charge < -0.3 is 15.8 Å². The van der Waals surface area contributed by atoms with Crippen LogP contribution in [0.4, 0.5) is 4.79 Å². The molecule has 0 radical (unpaired) electrons. The molecule has 0 aliphatic heterocycles. The largest absolute Gasteiger partial charge is 0.423 e. The molecule has 2 rings (SSSR count). The second-order valence-corrected chi connectivity index (χ2v) is 4.53. The predicted octanol–water partition coefficient (Wildman–Crippen LogP) is 2.47. The Balaban J connectivity index is 1.89. The Labute approximate surface area is 128 Å². The van der Waals surface area contributed by atoms with Gasteiger partial charge in [0.15, 0.2) is 0 Å². The van der Waals surface area contributed by atoms with Crippen molar-refractivity contribution in [3.05, 3.63) is 71.8 Å². The Morgan fingerprint density at radius 1 is 1.05 bits per heavy atom. The number of hydrogen-bond acceptors (Lipinski definition) is 3. The van der Waals surface area contributed by atoms with E-state index < -0.39 is 12.0 Å². The van der Waals surface area contributed by atoms with Gasteiger partial charge in [0.05, 0.1) is 0 Å². The van der Waals surface area contributed by atoms with Crippen LogP contribution in [0, 0.1) is 0 Å². The van der Waals surface area contributed by atoms with Crippen LogP contribution in [-0.4, -0.2) is 12.0 Å². The zero-order chi connectivity index (χ0) is 15.8. The minimum Gasteiger partial charge on any atom is -0.423 e. The first-order chi connectivity index (χ1) is 10.6. The van der Waals surface area contributed by atoms with Crippen LogP contribution in [0.1, 0.15) is 11.1 Å². The van der Waals surface area contributed by atoms with Crippen molar-refractivity contribution < 1.29 is 14.3 Å². The highest BCUT2D eigenvalue weighted by molar-refractivity contribution is 5.88. The second-order valence-electron chi connectivity index (χ2n) is 4.53. The smallest absolute Gasteiger partial charge is 0.336 e. The summed E-state index contributed by atoms with van der Waals surface area (Å²) in [6, 6.07) is 15.7. The third-order valence-corrected chi connectivity index (χ3v) is 2.82. The van der Waals surface area contributed by atoms with Crippen molar-refractivity contribution in [2.45, 2.75) is 6.54 Å². The molecule has 0 unspecified atom stereocenters. The van der Waals surface area contributed by atoms with Crippen molar-refractivity contribution in [2.75, 3.05) is 0 Å². The fourth-order valence-corrected chi connectivity index (χ4v) is 1.74. The summed E-state index contributed by atoms with van der Waals surface area (Å²) in [5.41, 5.74) is 6.77. The highest BCUT2D eigenvalue weighted by atomic mass is 16.5. The standard InChI is InChI=1S/C17H16N2O3/c18-17(21)19-12-14-6-9-15(10-7-14)22-16(20)11-8-13-4-2-1-3-5-13/h1-11H,12H2,(H3,18,19,21)/b11-8+. The van der Waals surface area contributed by atoms with E-state index in [1.54, 1.807) is 30.3 Å². The minimum atomic E-state index is -0.582. The maximum Gasteiger partial charge on any atom is 0.336 e. The molecule has 0 heterocycles. The van der Waals surface area contributed by atoms with Gasteiger partial charge in [-0.3, -0.25) is 0 Å². The first-order valence-corrected chi connectivity index (χ1v) is 6.71. The van der Waals surface area contributed by atoms with Crippen molar-refractivity contribution in [3.63, 3.8) is 0 Å². The van der Waals surface area contributed by atoms with Gasteiger partial charge in [0.2, 0.25) is 0 Å². The first-order valence-electron chi connectivity index (χ1n) is 6.71. The van der Waals surface area contributed by atoms with Gasteiger partial charge in [-0.15, -0.1) is 0 Å². The summed E-state index contributed by atoms with van der Waals surface area (Å²) in [6.07, 6.45) is 3.06. The lowest BCUT2D eigenvalue weighted by molar-refractivity contribution is -0.128. The van der Waals surface area contributed by atoms with E-state index in [-0.39, 0.29) is 0 Å². The summed E-state index contributed by atoms with van der Waals surface area (Å²) in [5, 5.41) is 2.48. The number of urea groups is 1. The lowest BCUT2D eigenvalue weighted by atomic mass is 10.2. The third-order valence-electron chi connectivity index (χ3n) is 2.82. The molecule has 5 nitrogen and oxygen atoms in total. The van der Waals surface area contributed by atoms with Crippen LogP contribution >= 0.6 is 0 Å². The lowest BCUT2D eigenvalue weighted by Crippen LogP contribution is -2.28. The van der Waals surface area contributed by atoms with Gasteiger partial charge in [-0.05, 0) is 29.3 Å². The van der Waals surface area contributed by atoms with Gasteiger partial charge in [-0.2, -0.15) is 0 Å². The summed E-state index contributed by atoms with van der Waals surface area (Å²) >= 11 is 0. The number of esters is 1. The molecule has 3 N–H and O–H groups in total. The maximum atomic E-state index is 11.7. The molecule has 0 aliphatic carbocycles. The summed E-state index contributed by atoms with van der Waals surface area (Å²) in [4.78, 5) is 22.3. The van der Waals surface area contributed by atoms with Crippen molar-refractivity contribution in [1.82, 2.24) is 5.32 Å². The number of hydrogen-bond donors (Lipinski definition) is 2. The number of ether oxygens (including phenoxy) is 1. The fraction of sp³-hybridized carbons (Fsp3) is 0.0588. The zero-order valence-electron chi connectivity index (χ0n) is 11.9. The molecule has 0 aliphatic rings. The summed E-state index contributed by atoms with van der Waals surface area (Å²) in [5.74, 6) is -0.0163. The molecule has 2 aromatic rings. The Bertz CT molecular complexity index is 664. The van der Waals surface area contributed by atoms with Crippen molar-refractivity contribution in [3.8, 4) is 5.75 Å². The van der Waals surface area contributed by atoms with Crippen LogP contribution in [0.25, 0.3) is 6.08 Å². The molecule has 0 spiro atoms. The van der Waals surface area contributed by atoms with Gasteiger partial charge in [0.25, 0.3) is 0 Å². The molecule has 0 atom stereocenters. The molecule has 0 bridgehead atoms. The Kier molecular flexibility index (Phi) is 5.31. The molecule has 0 aromatic heterocycles. The van der Waals surface area contributed by atoms with Crippen molar-refractivity contribution in [1.29, 1.82) is 0 Å². The summed E-state index contributed by atoms with van der Waals surface area (Å²) < 4.78 is 5.18. The molecular weight excluding hydrogens is 280 g/mol. The minimum absolute atomic E-state index is 0.331. The van der Waals surface area contributed by atoms with E-state index in [0.29, 0.717) is 12.3 Å².